The van der Waals surface area contributed by atoms with Crippen molar-refractivity contribution in [1.82, 2.24) is 24.8 Å². The second kappa shape index (κ2) is 12.8. The van der Waals surface area contributed by atoms with Crippen LogP contribution >= 0.6 is 0 Å². The predicted molar refractivity (Wildman–Crippen MR) is 170 cm³/mol. The SMILES string of the molecule is C[C@@H]1CN([C@H](c2ccc(-c3cnn(Cc4cccc(C(=O)O)c4)n3)cc2)c2cccc(O)c2)[C@@H](C)CN1Cc1ccccc1. The van der Waals surface area contributed by atoms with Gasteiger partial charge >= 0.3 is 5.97 Å². The lowest BCUT2D eigenvalue weighted by atomic mass is 9.92. The zero-order valence-corrected chi connectivity index (χ0v) is 25.0. The van der Waals surface area contributed by atoms with Gasteiger partial charge in [0.15, 0.2) is 0 Å². The van der Waals surface area contributed by atoms with Crippen LogP contribution in [-0.2, 0) is 13.1 Å². The number of carboxylic acids is 1. The summed E-state index contributed by atoms with van der Waals surface area (Å²) in [5.74, 6) is -0.693. The molecule has 224 valence electrons. The monoisotopic (exact) mass is 587 g/mol. The highest BCUT2D eigenvalue weighted by Gasteiger charge is 2.35. The standard InChI is InChI=1S/C36H37N5O3/c1-25-22-40(26(2)21-39(25)23-27-8-4-3-5-9-27)35(31-11-7-13-33(42)19-31)30-16-14-29(15-17-30)34-20-37-41(38-34)24-28-10-6-12-32(18-28)36(43)44/h3-20,25-26,35,42H,21-24H2,1-2H3,(H,43,44)/t25-,26+,35-/m1/s1. The van der Waals surface area contributed by atoms with Crippen molar-refractivity contribution in [3.8, 4) is 17.0 Å². The van der Waals surface area contributed by atoms with Crippen LogP contribution in [0, 0.1) is 0 Å². The van der Waals surface area contributed by atoms with Gasteiger partial charge < -0.3 is 10.2 Å². The average Bonchev–Trinajstić information content (AvgIpc) is 3.49. The normalized spacial score (nSPS) is 18.2. The number of phenolic OH excluding ortho intramolecular Hbond substituents is 1. The van der Waals surface area contributed by atoms with Crippen molar-refractivity contribution in [2.24, 2.45) is 0 Å². The Hall–Kier alpha value is -4.79. The molecule has 1 aliphatic heterocycles. The van der Waals surface area contributed by atoms with Gasteiger partial charge in [-0.15, -0.1) is 0 Å². The van der Waals surface area contributed by atoms with Crippen molar-refractivity contribution in [2.75, 3.05) is 13.1 Å². The molecule has 3 atom stereocenters. The molecule has 4 aromatic carbocycles. The van der Waals surface area contributed by atoms with Gasteiger partial charge in [0.25, 0.3) is 0 Å². The second-order valence-corrected chi connectivity index (χ2v) is 11.7. The molecule has 2 heterocycles. The molecule has 0 saturated carbocycles. The van der Waals surface area contributed by atoms with E-state index in [1.54, 1.807) is 35.3 Å². The number of rotatable bonds is 9. The molecule has 2 N–H and O–H groups in total. The van der Waals surface area contributed by atoms with Gasteiger partial charge in [-0.3, -0.25) is 9.80 Å². The summed E-state index contributed by atoms with van der Waals surface area (Å²) in [5, 5.41) is 28.8. The molecule has 0 bridgehead atoms. The third-order valence-electron chi connectivity index (χ3n) is 8.47. The molecule has 0 amide bonds. The van der Waals surface area contributed by atoms with Crippen molar-refractivity contribution in [1.29, 1.82) is 0 Å². The number of hydrogen-bond donors (Lipinski definition) is 2. The minimum Gasteiger partial charge on any atom is -0.508 e. The maximum absolute atomic E-state index is 11.3. The van der Waals surface area contributed by atoms with Crippen molar-refractivity contribution >= 4 is 5.97 Å². The maximum atomic E-state index is 11.3. The van der Waals surface area contributed by atoms with Gasteiger partial charge in [-0.05, 0) is 60.4 Å². The van der Waals surface area contributed by atoms with Crippen molar-refractivity contribution in [3.63, 3.8) is 0 Å². The molecule has 5 aromatic rings. The molecule has 0 aliphatic carbocycles. The molecule has 0 unspecified atom stereocenters. The summed E-state index contributed by atoms with van der Waals surface area (Å²) in [4.78, 5) is 18.0. The Balaban J connectivity index is 1.23. The zero-order valence-electron chi connectivity index (χ0n) is 25.0. The Bertz CT molecular complexity index is 1720. The number of carbonyl (C=O) groups is 1. The number of benzene rings is 4. The lowest BCUT2D eigenvalue weighted by molar-refractivity contribution is 0.0195. The Kier molecular flexibility index (Phi) is 8.54. The molecule has 1 aromatic heterocycles. The first-order valence-corrected chi connectivity index (χ1v) is 15.0. The highest BCUT2D eigenvalue weighted by Crippen LogP contribution is 2.35. The molecule has 1 fully saturated rings. The van der Waals surface area contributed by atoms with Crippen LogP contribution in [0.4, 0.5) is 0 Å². The van der Waals surface area contributed by atoms with Gasteiger partial charge in [0, 0.05) is 37.3 Å². The lowest BCUT2D eigenvalue weighted by Gasteiger charge is -2.47. The van der Waals surface area contributed by atoms with Crippen molar-refractivity contribution < 1.29 is 15.0 Å². The Morgan fingerprint density at radius 2 is 1.57 bits per heavy atom. The van der Waals surface area contributed by atoms with E-state index in [0.29, 0.717) is 18.6 Å². The number of phenols is 1. The van der Waals surface area contributed by atoms with Crippen LogP contribution in [0.25, 0.3) is 11.3 Å². The van der Waals surface area contributed by atoms with E-state index < -0.39 is 5.97 Å². The van der Waals surface area contributed by atoms with Crippen LogP contribution < -0.4 is 0 Å². The highest BCUT2D eigenvalue weighted by atomic mass is 16.4. The second-order valence-electron chi connectivity index (χ2n) is 11.7. The number of hydrogen-bond acceptors (Lipinski definition) is 6. The molecule has 8 nitrogen and oxygen atoms in total. The van der Waals surface area contributed by atoms with E-state index in [2.05, 4.69) is 94.5 Å². The van der Waals surface area contributed by atoms with Gasteiger partial charge in [-0.25, -0.2) is 4.79 Å². The largest absolute Gasteiger partial charge is 0.508 e. The van der Waals surface area contributed by atoms with E-state index in [1.165, 1.54) is 5.56 Å². The van der Waals surface area contributed by atoms with E-state index in [0.717, 1.165) is 47.6 Å². The molecular weight excluding hydrogens is 550 g/mol. The van der Waals surface area contributed by atoms with Crippen molar-refractivity contribution in [2.45, 2.75) is 45.1 Å². The molecule has 1 aliphatic rings. The third-order valence-corrected chi connectivity index (χ3v) is 8.47. The van der Waals surface area contributed by atoms with Gasteiger partial charge in [0.2, 0.25) is 0 Å². The maximum Gasteiger partial charge on any atom is 0.335 e. The van der Waals surface area contributed by atoms with Crippen LogP contribution in [0.5, 0.6) is 5.75 Å². The fraction of sp³-hybridized carbons (Fsp3) is 0.250. The zero-order chi connectivity index (χ0) is 30.6. The first kappa shape index (κ1) is 29.3. The molecule has 6 rings (SSSR count). The predicted octanol–water partition coefficient (Wildman–Crippen LogP) is 6.08. The van der Waals surface area contributed by atoms with E-state index in [-0.39, 0.29) is 17.4 Å². The summed E-state index contributed by atoms with van der Waals surface area (Å²) in [6, 6.07) is 34.1. The summed E-state index contributed by atoms with van der Waals surface area (Å²) < 4.78 is 0. The first-order valence-electron chi connectivity index (χ1n) is 15.0. The Morgan fingerprint density at radius 3 is 2.32 bits per heavy atom. The number of aromatic nitrogens is 3. The van der Waals surface area contributed by atoms with Crippen LogP contribution in [0.15, 0.2) is 109 Å². The summed E-state index contributed by atoms with van der Waals surface area (Å²) in [7, 11) is 0. The fourth-order valence-electron chi connectivity index (χ4n) is 6.20. The fourth-order valence-corrected chi connectivity index (χ4v) is 6.20. The Morgan fingerprint density at radius 1 is 0.818 bits per heavy atom. The highest BCUT2D eigenvalue weighted by molar-refractivity contribution is 5.87. The van der Waals surface area contributed by atoms with Crippen LogP contribution in [0.1, 0.15) is 52.5 Å². The summed E-state index contributed by atoms with van der Waals surface area (Å²) in [6.07, 6.45) is 1.73. The molecule has 8 heteroatoms. The Labute approximate surface area is 257 Å². The number of aromatic hydroxyl groups is 1. The molecular formula is C36H37N5O3. The quantitative estimate of drug-likeness (QED) is 0.216. The number of carboxylic acid groups (broad SMARTS) is 1. The summed E-state index contributed by atoms with van der Waals surface area (Å²) in [5.41, 5.74) is 6.29. The van der Waals surface area contributed by atoms with Gasteiger partial charge in [0.05, 0.1) is 24.3 Å². The van der Waals surface area contributed by atoms with Gasteiger partial charge in [-0.2, -0.15) is 15.0 Å². The number of piperazine rings is 1. The number of nitrogens with zero attached hydrogens (tertiary/aromatic N) is 5. The first-order chi connectivity index (χ1) is 21.3. The lowest BCUT2D eigenvalue weighted by Crippen LogP contribution is -2.56. The third kappa shape index (κ3) is 6.56. The van der Waals surface area contributed by atoms with Crippen LogP contribution in [-0.4, -0.2) is 66.1 Å². The molecule has 0 spiro atoms. The minimum absolute atomic E-state index is 0.0235. The topological polar surface area (TPSA) is 94.7 Å². The molecule has 1 saturated heterocycles. The molecule has 44 heavy (non-hydrogen) atoms. The van der Waals surface area contributed by atoms with Crippen LogP contribution in [0.3, 0.4) is 0 Å². The average molecular weight is 588 g/mol. The summed E-state index contributed by atoms with van der Waals surface area (Å²) in [6.45, 7) is 7.74. The van der Waals surface area contributed by atoms with E-state index in [1.807, 2.05) is 18.2 Å². The van der Waals surface area contributed by atoms with E-state index in [9.17, 15) is 15.0 Å². The van der Waals surface area contributed by atoms with Gasteiger partial charge in [0.1, 0.15) is 11.4 Å². The molecule has 0 radical (unpaired) electrons. The number of aromatic carboxylic acids is 1. The minimum atomic E-state index is -0.956. The summed E-state index contributed by atoms with van der Waals surface area (Å²) >= 11 is 0. The van der Waals surface area contributed by atoms with Crippen LogP contribution in [0.2, 0.25) is 0 Å². The van der Waals surface area contributed by atoms with Gasteiger partial charge in [-0.1, -0.05) is 78.9 Å². The van der Waals surface area contributed by atoms with E-state index >= 15 is 0 Å². The smallest absolute Gasteiger partial charge is 0.335 e. The van der Waals surface area contributed by atoms with Crippen molar-refractivity contribution in [3.05, 3.63) is 137 Å². The van der Waals surface area contributed by atoms with E-state index in [4.69, 9.17) is 0 Å².